The van der Waals surface area contributed by atoms with Crippen LogP contribution in [0.1, 0.15) is 12.8 Å². The molecular formula is C15H18N2O3. The highest BCUT2D eigenvalue weighted by Crippen LogP contribution is 2.23. The molecule has 0 aromatic heterocycles. The van der Waals surface area contributed by atoms with Crippen LogP contribution in [0.15, 0.2) is 36.9 Å². The molecular weight excluding hydrogens is 256 g/mol. The molecule has 0 spiro atoms. The molecule has 1 atom stereocenters. The summed E-state index contributed by atoms with van der Waals surface area (Å²) in [5.74, 6) is 0.339. The Bertz CT molecular complexity index is 510. The lowest BCUT2D eigenvalue weighted by atomic mass is 10.0. The Balaban J connectivity index is 2.12. The third kappa shape index (κ3) is 2.99. The molecule has 5 nitrogen and oxygen atoms in total. The maximum atomic E-state index is 12.4. The van der Waals surface area contributed by atoms with Gasteiger partial charge in [-0.1, -0.05) is 6.58 Å². The third-order valence-corrected chi connectivity index (χ3v) is 3.32. The first-order chi connectivity index (χ1) is 9.65. The molecule has 0 bridgehead atoms. The lowest BCUT2D eigenvalue weighted by molar-refractivity contribution is -0.126. The molecule has 0 radical (unpaired) electrons. The zero-order valence-corrected chi connectivity index (χ0v) is 11.5. The normalized spacial score (nSPS) is 18.6. The Labute approximate surface area is 118 Å². The molecule has 5 heteroatoms. The van der Waals surface area contributed by atoms with Crippen molar-refractivity contribution < 1.29 is 14.3 Å². The van der Waals surface area contributed by atoms with Crippen molar-refractivity contribution in [3.05, 3.63) is 36.9 Å². The number of anilines is 1. The molecule has 2 rings (SSSR count). The third-order valence-electron chi connectivity index (χ3n) is 3.32. The molecule has 1 aliphatic heterocycles. The van der Waals surface area contributed by atoms with Crippen molar-refractivity contribution in [2.24, 2.45) is 0 Å². The summed E-state index contributed by atoms with van der Waals surface area (Å²) in [5, 5.41) is 2.67. The Morgan fingerprint density at radius 3 is 2.75 bits per heavy atom. The monoisotopic (exact) mass is 274 g/mol. The van der Waals surface area contributed by atoms with Gasteiger partial charge in [-0.3, -0.25) is 9.59 Å². The lowest BCUT2D eigenvalue weighted by Gasteiger charge is -2.32. The van der Waals surface area contributed by atoms with Crippen molar-refractivity contribution in [3.8, 4) is 5.75 Å². The number of ether oxygens (including phenoxy) is 1. The van der Waals surface area contributed by atoms with Gasteiger partial charge in [0.1, 0.15) is 11.8 Å². The first kappa shape index (κ1) is 14.1. The van der Waals surface area contributed by atoms with Crippen LogP contribution in [-0.2, 0) is 9.59 Å². The molecule has 1 aromatic carbocycles. The van der Waals surface area contributed by atoms with Crippen LogP contribution < -0.4 is 15.0 Å². The standard InChI is InChI=1S/C15H18N2O3/c1-3-14(18)16-13-5-4-10-17(15(13)19)11-6-8-12(20-2)9-7-11/h3,6-9,13H,1,4-5,10H2,2H3,(H,16,18). The van der Waals surface area contributed by atoms with Crippen molar-refractivity contribution >= 4 is 17.5 Å². The van der Waals surface area contributed by atoms with E-state index in [4.69, 9.17) is 4.74 Å². The maximum absolute atomic E-state index is 12.4. The van der Waals surface area contributed by atoms with Gasteiger partial charge in [0.25, 0.3) is 0 Å². The minimum atomic E-state index is -0.476. The lowest BCUT2D eigenvalue weighted by Crippen LogP contribution is -2.52. The largest absolute Gasteiger partial charge is 0.497 e. The quantitative estimate of drug-likeness (QED) is 0.846. The number of nitrogens with zero attached hydrogens (tertiary/aromatic N) is 1. The van der Waals surface area contributed by atoms with Crippen molar-refractivity contribution in [2.45, 2.75) is 18.9 Å². The van der Waals surface area contributed by atoms with Crippen LogP contribution >= 0.6 is 0 Å². The van der Waals surface area contributed by atoms with Gasteiger partial charge in [-0.2, -0.15) is 0 Å². The second-order valence-corrected chi connectivity index (χ2v) is 4.60. The number of hydrogen-bond acceptors (Lipinski definition) is 3. The average molecular weight is 274 g/mol. The molecule has 1 heterocycles. The zero-order chi connectivity index (χ0) is 14.5. The number of methoxy groups -OCH3 is 1. The Hall–Kier alpha value is -2.30. The molecule has 0 saturated carbocycles. The Kier molecular flexibility index (Phi) is 4.40. The summed E-state index contributed by atoms with van der Waals surface area (Å²) in [4.78, 5) is 25.4. The van der Waals surface area contributed by atoms with Crippen molar-refractivity contribution in [3.63, 3.8) is 0 Å². The van der Waals surface area contributed by atoms with Gasteiger partial charge in [0, 0.05) is 12.2 Å². The molecule has 106 valence electrons. The molecule has 20 heavy (non-hydrogen) atoms. The maximum Gasteiger partial charge on any atom is 0.249 e. The predicted molar refractivity (Wildman–Crippen MR) is 76.7 cm³/mol. The van der Waals surface area contributed by atoms with E-state index in [-0.39, 0.29) is 11.8 Å². The number of hydrogen-bond donors (Lipinski definition) is 1. The fourth-order valence-corrected chi connectivity index (χ4v) is 2.26. The fourth-order valence-electron chi connectivity index (χ4n) is 2.26. The SMILES string of the molecule is C=CC(=O)NC1CCCN(c2ccc(OC)cc2)C1=O. The van der Waals surface area contributed by atoms with E-state index in [1.165, 1.54) is 6.08 Å². The van der Waals surface area contributed by atoms with E-state index < -0.39 is 6.04 Å². The summed E-state index contributed by atoms with van der Waals surface area (Å²) < 4.78 is 5.10. The van der Waals surface area contributed by atoms with Crippen LogP contribution in [0, 0.1) is 0 Å². The molecule has 1 aliphatic rings. The van der Waals surface area contributed by atoms with E-state index in [2.05, 4.69) is 11.9 Å². The van der Waals surface area contributed by atoms with Gasteiger partial charge in [-0.25, -0.2) is 0 Å². The molecule has 0 aliphatic carbocycles. The second-order valence-electron chi connectivity index (χ2n) is 4.60. The Morgan fingerprint density at radius 2 is 2.15 bits per heavy atom. The Morgan fingerprint density at radius 1 is 1.45 bits per heavy atom. The van der Waals surface area contributed by atoms with Gasteiger partial charge in [-0.05, 0) is 43.2 Å². The summed E-state index contributed by atoms with van der Waals surface area (Å²) in [7, 11) is 1.60. The summed E-state index contributed by atoms with van der Waals surface area (Å²) in [6.07, 6.45) is 2.69. The van der Waals surface area contributed by atoms with E-state index in [0.29, 0.717) is 13.0 Å². The van der Waals surface area contributed by atoms with Crippen LogP contribution in [0.2, 0.25) is 0 Å². The van der Waals surface area contributed by atoms with Gasteiger partial charge in [0.05, 0.1) is 7.11 Å². The zero-order valence-electron chi connectivity index (χ0n) is 11.5. The minimum Gasteiger partial charge on any atom is -0.497 e. The molecule has 1 aromatic rings. The predicted octanol–water partition coefficient (Wildman–Crippen LogP) is 1.49. The van der Waals surface area contributed by atoms with E-state index in [0.717, 1.165) is 17.9 Å². The highest BCUT2D eigenvalue weighted by Gasteiger charge is 2.30. The first-order valence-corrected chi connectivity index (χ1v) is 6.54. The number of rotatable bonds is 4. The van der Waals surface area contributed by atoms with Crippen molar-refractivity contribution in [1.82, 2.24) is 5.32 Å². The molecule has 1 fully saturated rings. The van der Waals surface area contributed by atoms with E-state index >= 15 is 0 Å². The second kappa shape index (κ2) is 6.23. The summed E-state index contributed by atoms with van der Waals surface area (Å²) >= 11 is 0. The number of carbonyl (C=O) groups excluding carboxylic acids is 2. The van der Waals surface area contributed by atoms with Gasteiger partial charge in [0.15, 0.2) is 0 Å². The number of carbonyl (C=O) groups is 2. The highest BCUT2D eigenvalue weighted by atomic mass is 16.5. The first-order valence-electron chi connectivity index (χ1n) is 6.54. The summed E-state index contributed by atoms with van der Waals surface area (Å²) in [6, 6.07) is 6.84. The van der Waals surface area contributed by atoms with Crippen molar-refractivity contribution in [2.75, 3.05) is 18.6 Å². The number of amides is 2. The van der Waals surface area contributed by atoms with Crippen LogP contribution in [-0.4, -0.2) is 31.5 Å². The van der Waals surface area contributed by atoms with Gasteiger partial charge < -0.3 is 15.0 Å². The summed E-state index contributed by atoms with van der Waals surface area (Å²) in [6.45, 7) is 4.05. The number of piperidine rings is 1. The number of nitrogens with one attached hydrogen (secondary N) is 1. The van der Waals surface area contributed by atoms with E-state index in [9.17, 15) is 9.59 Å². The van der Waals surface area contributed by atoms with Gasteiger partial charge in [0.2, 0.25) is 11.8 Å². The van der Waals surface area contributed by atoms with Crippen LogP contribution in [0.4, 0.5) is 5.69 Å². The minimum absolute atomic E-state index is 0.0865. The molecule has 1 unspecified atom stereocenters. The van der Waals surface area contributed by atoms with Crippen molar-refractivity contribution in [1.29, 1.82) is 0 Å². The fraction of sp³-hybridized carbons (Fsp3) is 0.333. The highest BCUT2D eigenvalue weighted by molar-refractivity contribution is 6.01. The molecule has 1 N–H and O–H groups in total. The number of benzene rings is 1. The van der Waals surface area contributed by atoms with Gasteiger partial charge in [-0.15, -0.1) is 0 Å². The van der Waals surface area contributed by atoms with Crippen LogP contribution in [0.3, 0.4) is 0 Å². The topological polar surface area (TPSA) is 58.6 Å². The smallest absolute Gasteiger partial charge is 0.249 e. The molecule has 1 saturated heterocycles. The van der Waals surface area contributed by atoms with Gasteiger partial charge >= 0.3 is 0 Å². The van der Waals surface area contributed by atoms with E-state index in [1.807, 2.05) is 24.3 Å². The molecule has 2 amide bonds. The van der Waals surface area contributed by atoms with Crippen LogP contribution in [0.5, 0.6) is 5.75 Å². The van der Waals surface area contributed by atoms with Crippen LogP contribution in [0.25, 0.3) is 0 Å². The summed E-state index contributed by atoms with van der Waals surface area (Å²) in [5.41, 5.74) is 0.813. The van der Waals surface area contributed by atoms with E-state index in [1.54, 1.807) is 12.0 Å². The average Bonchev–Trinajstić information content (AvgIpc) is 2.49.